The van der Waals surface area contributed by atoms with Crippen LogP contribution < -0.4 is 15.4 Å². The molecule has 2 rings (SSSR count). The first kappa shape index (κ1) is 27.0. The summed E-state index contributed by atoms with van der Waals surface area (Å²) in [5.41, 5.74) is 1.15. The van der Waals surface area contributed by atoms with E-state index in [1.165, 1.54) is 12.8 Å². The fraction of sp³-hybridized carbons (Fsp3) is 0.667. The maximum atomic E-state index is 12.3. The molecule has 1 heterocycles. The van der Waals surface area contributed by atoms with Crippen molar-refractivity contribution in [2.45, 2.75) is 44.4 Å². The van der Waals surface area contributed by atoms with Crippen LogP contribution in [0.2, 0.25) is 0 Å². The fourth-order valence-electron chi connectivity index (χ4n) is 3.45. The van der Waals surface area contributed by atoms with Crippen molar-refractivity contribution in [2.75, 3.05) is 46.1 Å². The van der Waals surface area contributed by atoms with Gasteiger partial charge in [-0.25, -0.2) is 8.42 Å². The van der Waals surface area contributed by atoms with Crippen molar-refractivity contribution in [1.82, 2.24) is 15.5 Å². The number of likely N-dealkylation sites (tertiary alicyclic amines) is 1. The predicted molar refractivity (Wildman–Crippen MR) is 135 cm³/mol. The largest absolute Gasteiger partial charge is 0.496 e. The summed E-state index contributed by atoms with van der Waals surface area (Å²) in [5, 5.41) is 6.50. The number of para-hydroxylation sites is 1. The van der Waals surface area contributed by atoms with Gasteiger partial charge in [0.25, 0.3) is 0 Å². The Hall–Kier alpha value is -1.07. The van der Waals surface area contributed by atoms with Gasteiger partial charge in [0.1, 0.15) is 5.75 Å². The summed E-state index contributed by atoms with van der Waals surface area (Å²) in [5.74, 6) is 1.55. The molecule has 0 aromatic heterocycles. The van der Waals surface area contributed by atoms with Crippen LogP contribution in [0.4, 0.5) is 0 Å². The molecule has 1 unspecified atom stereocenters. The molecule has 1 aliphatic heterocycles. The zero-order valence-electron chi connectivity index (χ0n) is 18.8. The standard InChI is InChI=1S/C21H36N4O3S.HI/c1-21(2,3)29(26,27)15-12-23-20(22-4)24-16-18(25-13-8-9-14-25)17-10-6-7-11-19(17)28-5;/h6-7,10-11,18H,8-9,12-16H2,1-5H3,(H2,22,23,24);1H. The van der Waals surface area contributed by atoms with Crippen LogP contribution in [-0.2, 0) is 9.84 Å². The van der Waals surface area contributed by atoms with Crippen molar-refractivity contribution in [3.8, 4) is 5.75 Å². The highest BCUT2D eigenvalue weighted by Gasteiger charge is 2.29. The molecule has 2 N–H and O–H groups in total. The number of aliphatic imine (C=N–C) groups is 1. The molecule has 1 aromatic carbocycles. The van der Waals surface area contributed by atoms with E-state index >= 15 is 0 Å². The van der Waals surface area contributed by atoms with Crippen LogP contribution in [0.15, 0.2) is 29.3 Å². The quantitative estimate of drug-likeness (QED) is 0.293. The van der Waals surface area contributed by atoms with Gasteiger partial charge in [-0.05, 0) is 52.8 Å². The Bertz CT molecular complexity index is 788. The average Bonchev–Trinajstić information content (AvgIpc) is 3.20. The third-order valence-corrected chi connectivity index (χ3v) is 7.97. The summed E-state index contributed by atoms with van der Waals surface area (Å²) in [6.45, 7) is 8.27. The Balaban J connectivity index is 0.00000450. The molecule has 0 radical (unpaired) electrons. The Labute approximate surface area is 199 Å². The minimum absolute atomic E-state index is 0. The van der Waals surface area contributed by atoms with Crippen LogP contribution in [0.3, 0.4) is 0 Å². The molecule has 9 heteroatoms. The van der Waals surface area contributed by atoms with Crippen LogP contribution in [0.25, 0.3) is 0 Å². The molecule has 0 saturated carbocycles. The lowest BCUT2D eigenvalue weighted by Crippen LogP contribution is -2.44. The molecule has 0 aliphatic carbocycles. The zero-order valence-corrected chi connectivity index (χ0v) is 21.9. The van der Waals surface area contributed by atoms with E-state index in [9.17, 15) is 8.42 Å². The number of sulfone groups is 1. The van der Waals surface area contributed by atoms with Gasteiger partial charge in [0.05, 0.1) is 23.7 Å². The number of rotatable bonds is 8. The van der Waals surface area contributed by atoms with E-state index in [4.69, 9.17) is 4.74 Å². The molecule has 0 bridgehead atoms. The highest BCUT2D eigenvalue weighted by atomic mass is 127. The monoisotopic (exact) mass is 552 g/mol. The lowest BCUT2D eigenvalue weighted by atomic mass is 10.0. The minimum atomic E-state index is -3.17. The molecule has 7 nitrogen and oxygen atoms in total. The van der Waals surface area contributed by atoms with Crippen LogP contribution in [0.1, 0.15) is 45.2 Å². The summed E-state index contributed by atoms with van der Waals surface area (Å²) in [7, 11) is 0.226. The number of nitrogens with one attached hydrogen (secondary N) is 2. The number of halogens is 1. The lowest BCUT2D eigenvalue weighted by molar-refractivity contribution is 0.239. The van der Waals surface area contributed by atoms with E-state index < -0.39 is 14.6 Å². The molecule has 0 amide bonds. The molecule has 172 valence electrons. The SMILES string of the molecule is CN=C(NCCS(=O)(=O)C(C)(C)C)NCC(c1ccccc1OC)N1CCCC1.I. The maximum Gasteiger partial charge on any atom is 0.191 e. The van der Waals surface area contributed by atoms with Crippen molar-refractivity contribution in [3.63, 3.8) is 0 Å². The summed E-state index contributed by atoms with van der Waals surface area (Å²) in [4.78, 5) is 6.71. The number of guanidine groups is 1. The van der Waals surface area contributed by atoms with Gasteiger partial charge in [-0.15, -0.1) is 24.0 Å². The molecule has 1 saturated heterocycles. The molecule has 30 heavy (non-hydrogen) atoms. The normalized spacial score (nSPS) is 16.6. The van der Waals surface area contributed by atoms with Gasteiger partial charge < -0.3 is 15.4 Å². The number of ether oxygens (including phenoxy) is 1. The third-order valence-electron chi connectivity index (χ3n) is 5.36. The fourth-order valence-corrected chi connectivity index (χ4v) is 4.44. The first-order valence-corrected chi connectivity index (χ1v) is 11.9. The summed E-state index contributed by atoms with van der Waals surface area (Å²) in [6, 6.07) is 8.27. The topological polar surface area (TPSA) is 83.0 Å². The Kier molecular flexibility index (Phi) is 10.9. The van der Waals surface area contributed by atoms with Gasteiger partial charge in [0, 0.05) is 25.7 Å². The molecule has 1 aromatic rings. The van der Waals surface area contributed by atoms with Crippen molar-refractivity contribution in [1.29, 1.82) is 0 Å². The third kappa shape index (κ3) is 7.26. The van der Waals surface area contributed by atoms with E-state index in [0.717, 1.165) is 24.4 Å². The Morgan fingerprint density at radius 2 is 1.83 bits per heavy atom. The van der Waals surface area contributed by atoms with Crippen LogP contribution in [-0.4, -0.2) is 70.1 Å². The molecular formula is C21H37IN4O3S. The number of benzene rings is 1. The number of hydrogen-bond acceptors (Lipinski definition) is 5. The molecule has 0 spiro atoms. The van der Waals surface area contributed by atoms with Gasteiger partial charge in [-0.1, -0.05) is 18.2 Å². The zero-order chi connectivity index (χ0) is 21.5. The molecular weight excluding hydrogens is 515 g/mol. The van der Waals surface area contributed by atoms with Crippen LogP contribution >= 0.6 is 24.0 Å². The highest BCUT2D eigenvalue weighted by Crippen LogP contribution is 2.31. The molecule has 1 fully saturated rings. The Morgan fingerprint density at radius 3 is 2.40 bits per heavy atom. The van der Waals surface area contributed by atoms with Gasteiger partial charge in [0.15, 0.2) is 15.8 Å². The first-order valence-electron chi connectivity index (χ1n) is 10.2. The second kappa shape index (κ2) is 12.1. The van der Waals surface area contributed by atoms with E-state index in [-0.39, 0.29) is 35.8 Å². The van der Waals surface area contributed by atoms with Crippen LogP contribution in [0.5, 0.6) is 5.75 Å². The smallest absolute Gasteiger partial charge is 0.191 e. The Morgan fingerprint density at radius 1 is 1.20 bits per heavy atom. The van der Waals surface area contributed by atoms with Crippen molar-refractivity contribution >= 4 is 39.8 Å². The van der Waals surface area contributed by atoms with Crippen molar-refractivity contribution in [3.05, 3.63) is 29.8 Å². The van der Waals surface area contributed by atoms with Crippen LogP contribution in [0, 0.1) is 0 Å². The van der Waals surface area contributed by atoms with E-state index in [1.807, 2.05) is 18.2 Å². The maximum absolute atomic E-state index is 12.3. The van der Waals surface area contributed by atoms with Crippen molar-refractivity contribution in [2.24, 2.45) is 4.99 Å². The summed E-state index contributed by atoms with van der Waals surface area (Å²) in [6.07, 6.45) is 2.40. The van der Waals surface area contributed by atoms with Gasteiger partial charge in [-0.3, -0.25) is 9.89 Å². The number of methoxy groups -OCH3 is 1. The molecule has 1 atom stereocenters. The number of nitrogens with zero attached hydrogens (tertiary/aromatic N) is 2. The average molecular weight is 553 g/mol. The second-order valence-electron chi connectivity index (χ2n) is 8.31. The van der Waals surface area contributed by atoms with Crippen molar-refractivity contribution < 1.29 is 13.2 Å². The summed E-state index contributed by atoms with van der Waals surface area (Å²) >= 11 is 0. The van der Waals surface area contributed by atoms with Gasteiger partial charge in [-0.2, -0.15) is 0 Å². The predicted octanol–water partition coefficient (Wildman–Crippen LogP) is 2.83. The van der Waals surface area contributed by atoms with E-state index in [2.05, 4.69) is 26.6 Å². The van der Waals surface area contributed by atoms with Gasteiger partial charge >= 0.3 is 0 Å². The second-order valence-corrected chi connectivity index (χ2v) is 11.2. The van der Waals surface area contributed by atoms with E-state index in [1.54, 1.807) is 34.9 Å². The molecule has 1 aliphatic rings. The van der Waals surface area contributed by atoms with E-state index in [0.29, 0.717) is 19.0 Å². The minimum Gasteiger partial charge on any atom is -0.496 e. The number of hydrogen-bond donors (Lipinski definition) is 2. The summed E-state index contributed by atoms with van der Waals surface area (Å²) < 4.78 is 29.4. The lowest BCUT2D eigenvalue weighted by Gasteiger charge is -2.30. The highest BCUT2D eigenvalue weighted by molar-refractivity contribution is 14.0. The first-order chi connectivity index (χ1) is 13.7. The van der Waals surface area contributed by atoms with Gasteiger partial charge in [0.2, 0.25) is 0 Å².